The fourth-order valence-corrected chi connectivity index (χ4v) is 2.85. The number of hydrogen-bond acceptors (Lipinski definition) is 5. The van der Waals surface area contributed by atoms with Crippen LogP contribution in [0.3, 0.4) is 0 Å². The maximum Gasteiger partial charge on any atom is 0.471 e. The van der Waals surface area contributed by atoms with E-state index >= 15 is 0 Å². The van der Waals surface area contributed by atoms with Crippen LogP contribution in [0.15, 0.2) is 29.6 Å². The Balaban J connectivity index is 2.15. The molecule has 25 heavy (non-hydrogen) atoms. The molecule has 1 N–H and O–H groups in total. The topological polar surface area (TPSA) is 68.3 Å². The smallest absolute Gasteiger partial charge is 0.467 e. The fraction of sp³-hybridized carbons (Fsp3) is 0.312. The van der Waals surface area contributed by atoms with E-state index in [9.17, 15) is 22.8 Å². The average Bonchev–Trinajstić information content (AvgIpc) is 3.01. The Morgan fingerprint density at radius 2 is 1.92 bits per heavy atom. The Kier molecular flexibility index (Phi) is 5.78. The van der Waals surface area contributed by atoms with Crippen molar-refractivity contribution in [1.29, 1.82) is 0 Å². The Labute approximate surface area is 145 Å². The molecule has 1 amide bonds. The molecule has 2 aromatic rings. The van der Waals surface area contributed by atoms with Gasteiger partial charge in [0.2, 0.25) is 0 Å². The lowest BCUT2D eigenvalue weighted by Gasteiger charge is -2.16. The molecule has 0 spiro atoms. The standard InChI is InChI=1S/C16H15F3N2O3S/c1-9-3-5-10(6-4-9)13-20-11(8-25-13)7-12(14(22)24-2)21-15(23)16(17,18)19/h3-6,8,12H,7H2,1-2H3,(H,21,23)/t12-/m0/s1. The summed E-state index contributed by atoms with van der Waals surface area (Å²) in [6.07, 6.45) is -5.28. The van der Waals surface area contributed by atoms with Crippen LogP contribution in [-0.4, -0.2) is 36.2 Å². The molecule has 0 aliphatic heterocycles. The predicted molar refractivity (Wildman–Crippen MR) is 86.0 cm³/mol. The van der Waals surface area contributed by atoms with Crippen molar-refractivity contribution in [2.75, 3.05) is 7.11 Å². The summed E-state index contributed by atoms with van der Waals surface area (Å²) in [5.41, 5.74) is 2.33. The molecule has 0 unspecified atom stereocenters. The molecule has 0 bridgehead atoms. The molecule has 9 heteroatoms. The molecule has 0 aliphatic rings. The SMILES string of the molecule is COC(=O)[C@H](Cc1csc(-c2ccc(C)cc2)n1)NC(=O)C(F)(F)F. The second-order valence-corrected chi connectivity index (χ2v) is 6.12. The molecule has 5 nitrogen and oxygen atoms in total. The highest BCUT2D eigenvalue weighted by atomic mass is 32.1. The number of aromatic nitrogens is 1. The first-order valence-corrected chi connectivity index (χ1v) is 8.05. The number of methoxy groups -OCH3 is 1. The number of amides is 1. The Bertz CT molecular complexity index is 757. The van der Waals surface area contributed by atoms with Gasteiger partial charge in [0.05, 0.1) is 12.8 Å². The van der Waals surface area contributed by atoms with Gasteiger partial charge in [0.15, 0.2) is 0 Å². The first kappa shape index (κ1) is 18.9. The lowest BCUT2D eigenvalue weighted by Crippen LogP contribution is -2.48. The molecule has 134 valence electrons. The zero-order valence-corrected chi connectivity index (χ0v) is 14.2. The normalized spacial score (nSPS) is 12.5. The van der Waals surface area contributed by atoms with Crippen molar-refractivity contribution in [2.45, 2.75) is 25.6 Å². The first-order valence-electron chi connectivity index (χ1n) is 7.17. The number of nitrogens with one attached hydrogen (secondary N) is 1. The molecule has 0 aliphatic carbocycles. The largest absolute Gasteiger partial charge is 0.471 e. The van der Waals surface area contributed by atoms with E-state index in [2.05, 4.69) is 9.72 Å². The number of carbonyl (C=O) groups is 2. The van der Waals surface area contributed by atoms with Crippen LogP contribution in [0.2, 0.25) is 0 Å². The average molecular weight is 372 g/mol. The van der Waals surface area contributed by atoms with Crippen LogP contribution in [0.1, 0.15) is 11.3 Å². The highest BCUT2D eigenvalue weighted by Crippen LogP contribution is 2.25. The monoisotopic (exact) mass is 372 g/mol. The molecule has 0 saturated heterocycles. The maximum atomic E-state index is 12.4. The summed E-state index contributed by atoms with van der Waals surface area (Å²) < 4.78 is 41.6. The van der Waals surface area contributed by atoms with Gasteiger partial charge in [0.1, 0.15) is 11.0 Å². The first-order chi connectivity index (χ1) is 11.7. The highest BCUT2D eigenvalue weighted by Gasteiger charge is 2.41. The quantitative estimate of drug-likeness (QED) is 0.820. The number of hydrogen-bond donors (Lipinski definition) is 1. The van der Waals surface area contributed by atoms with Crippen LogP contribution in [0.4, 0.5) is 13.2 Å². The van der Waals surface area contributed by atoms with Gasteiger partial charge in [0, 0.05) is 17.4 Å². The number of nitrogens with zero attached hydrogens (tertiary/aromatic N) is 1. The zero-order valence-electron chi connectivity index (χ0n) is 13.4. The molecule has 1 aromatic carbocycles. The van der Waals surface area contributed by atoms with Crippen molar-refractivity contribution < 1.29 is 27.5 Å². The summed E-state index contributed by atoms with van der Waals surface area (Å²) in [6.45, 7) is 1.95. The van der Waals surface area contributed by atoms with E-state index in [0.29, 0.717) is 10.7 Å². The van der Waals surface area contributed by atoms with Crippen molar-refractivity contribution in [3.05, 3.63) is 40.9 Å². The van der Waals surface area contributed by atoms with E-state index < -0.39 is 24.1 Å². The third-order valence-electron chi connectivity index (χ3n) is 3.31. The Morgan fingerprint density at radius 3 is 2.48 bits per heavy atom. The third-order valence-corrected chi connectivity index (χ3v) is 4.25. The summed E-state index contributed by atoms with van der Waals surface area (Å²) in [7, 11) is 1.04. The molecular weight excluding hydrogens is 357 g/mol. The van der Waals surface area contributed by atoms with Gasteiger partial charge >= 0.3 is 18.1 Å². The minimum Gasteiger partial charge on any atom is -0.467 e. The van der Waals surface area contributed by atoms with Crippen LogP contribution in [0.25, 0.3) is 10.6 Å². The number of rotatable bonds is 5. The van der Waals surface area contributed by atoms with Gasteiger partial charge in [-0.3, -0.25) is 4.79 Å². The summed E-state index contributed by atoms with van der Waals surface area (Å²) >= 11 is 1.30. The van der Waals surface area contributed by atoms with E-state index in [1.165, 1.54) is 11.3 Å². The van der Waals surface area contributed by atoms with Crippen molar-refractivity contribution in [3.63, 3.8) is 0 Å². The number of esters is 1. The van der Waals surface area contributed by atoms with Crippen molar-refractivity contribution in [1.82, 2.24) is 10.3 Å². The van der Waals surface area contributed by atoms with Crippen molar-refractivity contribution >= 4 is 23.2 Å². The fourth-order valence-electron chi connectivity index (χ4n) is 2.01. The van der Waals surface area contributed by atoms with E-state index in [1.54, 1.807) is 10.7 Å². The van der Waals surface area contributed by atoms with Crippen LogP contribution in [0.5, 0.6) is 0 Å². The van der Waals surface area contributed by atoms with Crippen LogP contribution in [-0.2, 0) is 20.7 Å². The van der Waals surface area contributed by atoms with Crippen LogP contribution < -0.4 is 5.32 Å². The van der Waals surface area contributed by atoms with E-state index in [4.69, 9.17) is 0 Å². The third kappa shape index (κ3) is 5.02. The Hall–Kier alpha value is -2.42. The number of thiazole rings is 1. The molecule has 1 heterocycles. The molecule has 0 saturated carbocycles. The van der Waals surface area contributed by atoms with Gasteiger partial charge in [-0.25, -0.2) is 9.78 Å². The number of halogens is 3. The number of alkyl halides is 3. The van der Waals surface area contributed by atoms with Gasteiger partial charge in [-0.15, -0.1) is 11.3 Å². The summed E-state index contributed by atoms with van der Waals surface area (Å²) in [6, 6.07) is 6.11. The van der Waals surface area contributed by atoms with E-state index in [0.717, 1.165) is 18.2 Å². The van der Waals surface area contributed by atoms with Crippen LogP contribution >= 0.6 is 11.3 Å². The van der Waals surface area contributed by atoms with Gasteiger partial charge < -0.3 is 10.1 Å². The maximum absolute atomic E-state index is 12.4. The summed E-state index contributed by atoms with van der Waals surface area (Å²) in [5.74, 6) is -3.17. The van der Waals surface area contributed by atoms with Crippen LogP contribution in [0, 0.1) is 6.92 Å². The summed E-state index contributed by atoms with van der Waals surface area (Å²) in [5, 5.41) is 3.94. The number of benzene rings is 1. The Morgan fingerprint density at radius 1 is 1.28 bits per heavy atom. The molecule has 1 aromatic heterocycles. The molecule has 0 fully saturated rings. The number of carbonyl (C=O) groups excluding carboxylic acids is 2. The highest BCUT2D eigenvalue weighted by molar-refractivity contribution is 7.13. The van der Waals surface area contributed by atoms with Gasteiger partial charge in [-0.2, -0.15) is 13.2 Å². The minimum atomic E-state index is -5.08. The second kappa shape index (κ2) is 7.64. The zero-order chi connectivity index (χ0) is 18.6. The minimum absolute atomic E-state index is 0.198. The number of ether oxygens (including phenoxy) is 1. The molecule has 0 radical (unpaired) electrons. The number of aryl methyl sites for hydroxylation is 1. The second-order valence-electron chi connectivity index (χ2n) is 5.26. The lowest BCUT2D eigenvalue weighted by molar-refractivity contribution is -0.175. The molecular formula is C16H15F3N2O3S. The lowest BCUT2D eigenvalue weighted by atomic mass is 10.1. The van der Waals surface area contributed by atoms with Gasteiger partial charge in [-0.1, -0.05) is 29.8 Å². The van der Waals surface area contributed by atoms with Gasteiger partial charge in [0.25, 0.3) is 0 Å². The van der Waals surface area contributed by atoms with Gasteiger partial charge in [-0.05, 0) is 6.92 Å². The van der Waals surface area contributed by atoms with E-state index in [-0.39, 0.29) is 6.42 Å². The van der Waals surface area contributed by atoms with Crippen molar-refractivity contribution in [2.24, 2.45) is 0 Å². The van der Waals surface area contributed by atoms with E-state index in [1.807, 2.05) is 31.2 Å². The summed E-state index contributed by atoms with van der Waals surface area (Å²) in [4.78, 5) is 27.1. The molecule has 2 rings (SSSR count). The predicted octanol–water partition coefficient (Wildman–Crippen LogP) is 2.88. The molecule has 1 atom stereocenters. The van der Waals surface area contributed by atoms with Crippen molar-refractivity contribution in [3.8, 4) is 10.6 Å².